The highest BCUT2D eigenvalue weighted by molar-refractivity contribution is 5.86. The van der Waals surface area contributed by atoms with E-state index in [1.165, 1.54) is 0 Å². The number of aliphatic hydroxyl groups excluding tert-OH is 1. The van der Waals surface area contributed by atoms with Crippen LogP contribution < -0.4 is 15.4 Å². The molecule has 2 amide bonds. The van der Waals surface area contributed by atoms with Gasteiger partial charge in [0.25, 0.3) is 0 Å². The molecule has 0 saturated carbocycles. The molecule has 0 aromatic heterocycles. The molecule has 250 valence electrons. The molecule has 0 unspecified atom stereocenters. The number of hydrogen-bond acceptors (Lipinski definition) is 6. The van der Waals surface area contributed by atoms with Crippen LogP contribution in [-0.2, 0) is 38.6 Å². The Morgan fingerprint density at radius 2 is 1.51 bits per heavy atom. The van der Waals surface area contributed by atoms with Crippen LogP contribution in [0.25, 0.3) is 0 Å². The van der Waals surface area contributed by atoms with Crippen molar-refractivity contribution in [3.63, 3.8) is 0 Å². The minimum absolute atomic E-state index is 0.0387. The summed E-state index contributed by atoms with van der Waals surface area (Å²) in [5.41, 5.74) is 2.68. The van der Waals surface area contributed by atoms with E-state index in [1.54, 1.807) is 0 Å². The average molecular weight is 641 g/mol. The highest BCUT2D eigenvalue weighted by Gasteiger charge is 2.32. The van der Waals surface area contributed by atoms with Gasteiger partial charge in [0.1, 0.15) is 19.0 Å². The molecule has 4 atom stereocenters. The summed E-state index contributed by atoms with van der Waals surface area (Å²) in [6.45, 7) is 6.21. The van der Waals surface area contributed by atoms with Gasteiger partial charge in [-0.25, -0.2) is 0 Å². The molecule has 0 bridgehead atoms. The van der Waals surface area contributed by atoms with Crippen molar-refractivity contribution in [2.24, 2.45) is 17.3 Å². The number of carbonyl (C=O) groups is 3. The molecule has 1 heterocycles. The smallest absolute Gasteiger partial charge is 0.309 e. The maximum atomic E-state index is 13.5. The Bertz CT molecular complexity index is 1450. The molecule has 1 aliphatic rings. The molecular weight excluding hydrogens is 592 g/mol. The Morgan fingerprint density at radius 1 is 0.894 bits per heavy atom. The van der Waals surface area contributed by atoms with E-state index < -0.39 is 18.0 Å². The fraction of sp³-hybridized carbons (Fsp3) is 0.410. The predicted molar refractivity (Wildman–Crippen MR) is 182 cm³/mol. The molecule has 3 aromatic rings. The molecular formula is C39H48N2O6. The van der Waals surface area contributed by atoms with Gasteiger partial charge in [0.2, 0.25) is 11.8 Å². The zero-order chi connectivity index (χ0) is 33.6. The van der Waals surface area contributed by atoms with Crippen molar-refractivity contribution >= 4 is 17.8 Å². The molecule has 0 spiro atoms. The first-order valence-electron chi connectivity index (χ1n) is 16.4. The Hall–Kier alpha value is -4.43. The van der Waals surface area contributed by atoms with E-state index in [0.717, 1.165) is 22.4 Å². The molecule has 1 aliphatic heterocycles. The van der Waals surface area contributed by atoms with Gasteiger partial charge in [-0.3, -0.25) is 14.4 Å². The normalized spacial score (nSPS) is 19.8. The Kier molecular flexibility index (Phi) is 13.2. The molecule has 8 heteroatoms. The lowest BCUT2D eigenvalue weighted by molar-refractivity contribution is -0.151. The summed E-state index contributed by atoms with van der Waals surface area (Å²) < 4.78 is 11.6. The van der Waals surface area contributed by atoms with E-state index in [4.69, 9.17) is 9.47 Å². The van der Waals surface area contributed by atoms with Gasteiger partial charge in [-0.15, -0.1) is 0 Å². The van der Waals surface area contributed by atoms with Gasteiger partial charge in [0.05, 0.1) is 30.5 Å². The largest absolute Gasteiger partial charge is 0.489 e. The van der Waals surface area contributed by atoms with Crippen LogP contribution in [0.3, 0.4) is 0 Å². The summed E-state index contributed by atoms with van der Waals surface area (Å²) in [5, 5.41) is 16.0. The van der Waals surface area contributed by atoms with Crippen LogP contribution in [0.4, 0.5) is 0 Å². The maximum Gasteiger partial charge on any atom is 0.309 e. The molecule has 8 nitrogen and oxygen atoms in total. The van der Waals surface area contributed by atoms with Gasteiger partial charge in [0.15, 0.2) is 0 Å². The van der Waals surface area contributed by atoms with E-state index in [9.17, 15) is 19.5 Å². The number of carbonyl (C=O) groups excluding carboxylic acids is 3. The van der Waals surface area contributed by atoms with Crippen LogP contribution in [0, 0.1) is 17.3 Å². The minimum atomic E-state index is -0.626. The van der Waals surface area contributed by atoms with Gasteiger partial charge in [-0.2, -0.15) is 0 Å². The monoisotopic (exact) mass is 640 g/mol. The molecule has 4 rings (SSSR count). The quantitative estimate of drug-likeness (QED) is 0.187. The van der Waals surface area contributed by atoms with Crippen molar-refractivity contribution in [2.45, 2.75) is 71.6 Å². The molecule has 0 fully saturated rings. The summed E-state index contributed by atoms with van der Waals surface area (Å²) in [4.78, 5) is 39.8. The molecule has 3 aromatic carbocycles. The number of aliphatic hydroxyl groups is 1. The van der Waals surface area contributed by atoms with Crippen molar-refractivity contribution < 1.29 is 29.0 Å². The first kappa shape index (κ1) is 35.4. The third-order valence-electron chi connectivity index (χ3n) is 8.46. The van der Waals surface area contributed by atoms with Crippen LogP contribution in [0.5, 0.6) is 5.75 Å². The van der Waals surface area contributed by atoms with Crippen molar-refractivity contribution in [3.05, 3.63) is 114 Å². The number of hydrogen-bond donors (Lipinski definition) is 3. The summed E-state index contributed by atoms with van der Waals surface area (Å²) in [5.74, 6) is -1.12. The first-order valence-corrected chi connectivity index (χ1v) is 16.4. The average Bonchev–Trinajstić information content (AvgIpc) is 3.06. The minimum Gasteiger partial charge on any atom is -0.489 e. The van der Waals surface area contributed by atoms with E-state index in [-0.39, 0.29) is 48.8 Å². The highest BCUT2D eigenvalue weighted by atomic mass is 16.5. The van der Waals surface area contributed by atoms with E-state index >= 15 is 0 Å². The van der Waals surface area contributed by atoms with Crippen LogP contribution in [0.2, 0.25) is 0 Å². The van der Waals surface area contributed by atoms with E-state index in [0.29, 0.717) is 32.3 Å². The lowest BCUT2D eigenvalue weighted by atomic mass is 9.86. The Balaban J connectivity index is 1.37. The van der Waals surface area contributed by atoms with Gasteiger partial charge in [0, 0.05) is 6.42 Å². The summed E-state index contributed by atoms with van der Waals surface area (Å²) in [7, 11) is 0. The second-order valence-corrected chi connectivity index (χ2v) is 13.4. The lowest BCUT2D eigenvalue weighted by Gasteiger charge is -2.33. The van der Waals surface area contributed by atoms with Gasteiger partial charge in [-0.05, 0) is 59.9 Å². The number of esters is 1. The van der Waals surface area contributed by atoms with Crippen LogP contribution in [0.1, 0.15) is 56.7 Å². The number of nitrogens with one attached hydrogen (secondary N) is 2. The number of allylic oxidation sites excluding steroid dienone is 2. The van der Waals surface area contributed by atoms with Crippen molar-refractivity contribution in [3.8, 4) is 5.75 Å². The number of ether oxygens (including phenoxy) is 2. The molecule has 0 aliphatic carbocycles. The Morgan fingerprint density at radius 3 is 2.13 bits per heavy atom. The molecule has 3 N–H and O–H groups in total. The second-order valence-electron chi connectivity index (χ2n) is 13.4. The zero-order valence-corrected chi connectivity index (χ0v) is 27.7. The predicted octanol–water partition coefficient (Wildman–Crippen LogP) is 5.57. The van der Waals surface area contributed by atoms with Crippen LogP contribution in [-0.4, -0.2) is 48.2 Å². The maximum absolute atomic E-state index is 13.5. The first-order chi connectivity index (χ1) is 22.6. The van der Waals surface area contributed by atoms with Crippen LogP contribution >= 0.6 is 0 Å². The standard InChI is InChI=1S/C39H48N2O6/c1-39(2,3)35-27-47-38(45)32(22-28-12-6-4-7-13-28)17-11-10-16-31(37(44)41-35)24-36(43)40-33(25-42)23-29-18-20-34(21-19-29)46-26-30-14-8-5-9-15-30/h4-15,18-21,31-33,35,42H,16-17,22-27H2,1-3H3,(H,40,43)(H,41,44)/t31-,32-,33+,35-/m1/s1. The van der Waals surface area contributed by atoms with Gasteiger partial charge in [-0.1, -0.05) is 106 Å². The van der Waals surface area contributed by atoms with E-state index in [2.05, 4.69) is 10.6 Å². The van der Waals surface area contributed by atoms with Gasteiger partial charge < -0.3 is 25.2 Å². The number of amides is 2. The van der Waals surface area contributed by atoms with Crippen LogP contribution in [0.15, 0.2) is 97.1 Å². The molecule has 0 saturated heterocycles. The Labute approximate surface area is 278 Å². The van der Waals surface area contributed by atoms with Crippen molar-refractivity contribution in [1.29, 1.82) is 0 Å². The molecule has 47 heavy (non-hydrogen) atoms. The third-order valence-corrected chi connectivity index (χ3v) is 8.46. The van der Waals surface area contributed by atoms with E-state index in [1.807, 2.05) is 118 Å². The topological polar surface area (TPSA) is 114 Å². The molecule has 0 radical (unpaired) electrons. The third kappa shape index (κ3) is 11.7. The fourth-order valence-electron chi connectivity index (χ4n) is 5.47. The second kappa shape index (κ2) is 17.5. The fourth-order valence-corrected chi connectivity index (χ4v) is 5.47. The summed E-state index contributed by atoms with van der Waals surface area (Å²) in [6.07, 6.45) is 5.53. The lowest BCUT2D eigenvalue weighted by Crippen LogP contribution is -2.50. The van der Waals surface area contributed by atoms with Crippen molar-refractivity contribution in [1.82, 2.24) is 10.6 Å². The summed E-state index contributed by atoms with van der Waals surface area (Å²) >= 11 is 0. The number of rotatable bonds is 11. The van der Waals surface area contributed by atoms with Crippen molar-refractivity contribution in [2.75, 3.05) is 13.2 Å². The zero-order valence-electron chi connectivity index (χ0n) is 27.7. The van der Waals surface area contributed by atoms with Gasteiger partial charge >= 0.3 is 5.97 Å². The number of cyclic esters (lactones) is 1. The highest BCUT2D eigenvalue weighted by Crippen LogP contribution is 2.24. The summed E-state index contributed by atoms with van der Waals surface area (Å²) in [6, 6.07) is 26.4. The SMILES string of the molecule is CC(C)(C)[C@H]1COC(=O)[C@@H](Cc2ccccc2)CC=CC[C@H](CC(=O)N[C@H](CO)Cc2ccc(OCc3ccccc3)cc2)C(=O)N1. The number of benzene rings is 3.